The van der Waals surface area contributed by atoms with Crippen LogP contribution in [-0.4, -0.2) is 14.1 Å². The summed E-state index contributed by atoms with van der Waals surface area (Å²) in [7, 11) is 5.48. The van der Waals surface area contributed by atoms with Gasteiger partial charge in [0.05, 0.1) is 0 Å². The maximum Gasteiger partial charge on any atom is 0.150 e. The first-order valence-corrected chi connectivity index (χ1v) is 5.05. The highest BCUT2D eigenvalue weighted by Gasteiger charge is 1.91. The van der Waals surface area contributed by atoms with Crippen LogP contribution in [0.5, 0.6) is 0 Å². The van der Waals surface area contributed by atoms with Gasteiger partial charge in [0.1, 0.15) is 14.1 Å². The summed E-state index contributed by atoms with van der Waals surface area (Å²) in [5.74, 6) is 0. The summed E-state index contributed by atoms with van der Waals surface area (Å²) in [4.78, 5) is 10.3. The second-order valence-electron chi connectivity index (χ2n) is 2.29. The van der Waals surface area contributed by atoms with Crippen LogP contribution in [0.3, 0.4) is 0 Å². The standard InChI is InChI=1S/C8H7BO.2C2H6/c1-6-2-7(5-10)4-8(9)3-6;2*1-2/h2-5H,1H3;2*1-2H3. The largest absolute Gasteiger partial charge is 0.298 e. The van der Waals surface area contributed by atoms with Crippen LogP contribution in [0.4, 0.5) is 0 Å². The minimum absolute atomic E-state index is 0.637. The van der Waals surface area contributed by atoms with E-state index in [2.05, 4.69) is 0 Å². The molecule has 14 heavy (non-hydrogen) atoms. The van der Waals surface area contributed by atoms with Gasteiger partial charge in [0.15, 0.2) is 0 Å². The van der Waals surface area contributed by atoms with Gasteiger partial charge < -0.3 is 0 Å². The van der Waals surface area contributed by atoms with Gasteiger partial charge in [-0.2, -0.15) is 0 Å². The lowest BCUT2D eigenvalue weighted by molar-refractivity contribution is 0.112. The Balaban J connectivity index is 0. The summed E-state index contributed by atoms with van der Waals surface area (Å²) in [6.45, 7) is 9.91. The molecule has 2 heteroatoms. The van der Waals surface area contributed by atoms with Crippen LogP contribution in [0, 0.1) is 6.92 Å². The minimum Gasteiger partial charge on any atom is -0.298 e. The number of hydrogen-bond donors (Lipinski definition) is 0. The topological polar surface area (TPSA) is 17.1 Å². The molecule has 1 nitrogen and oxygen atoms in total. The lowest BCUT2D eigenvalue weighted by atomic mass is 9.93. The number of hydrogen-bond acceptors (Lipinski definition) is 1. The molecule has 0 spiro atoms. The molecular weight excluding hydrogens is 171 g/mol. The minimum atomic E-state index is 0.637. The zero-order valence-corrected chi connectivity index (χ0v) is 9.79. The van der Waals surface area contributed by atoms with E-state index < -0.39 is 0 Å². The molecule has 2 radical (unpaired) electrons. The summed E-state index contributed by atoms with van der Waals surface area (Å²) in [5, 5.41) is 0. The second kappa shape index (κ2) is 10.0. The maximum atomic E-state index is 10.3. The molecule has 1 rings (SSSR count). The molecule has 0 atom stereocenters. The lowest BCUT2D eigenvalue weighted by Gasteiger charge is -1.96. The third kappa shape index (κ3) is 6.47. The highest BCUT2D eigenvalue weighted by molar-refractivity contribution is 6.32. The normalized spacial score (nSPS) is 7.50. The third-order valence-corrected chi connectivity index (χ3v) is 1.26. The van der Waals surface area contributed by atoms with Crippen molar-refractivity contribution in [2.45, 2.75) is 34.6 Å². The summed E-state index contributed by atoms with van der Waals surface area (Å²) in [6, 6.07) is 5.27. The van der Waals surface area contributed by atoms with Crippen LogP contribution in [0.15, 0.2) is 18.2 Å². The molecule has 1 aromatic rings. The molecule has 0 aromatic heterocycles. The first-order valence-electron chi connectivity index (χ1n) is 5.05. The Hall–Kier alpha value is -1.05. The predicted molar refractivity (Wildman–Crippen MR) is 64.7 cm³/mol. The quantitative estimate of drug-likeness (QED) is 0.491. The Morgan fingerprint density at radius 1 is 1.07 bits per heavy atom. The molecule has 0 bridgehead atoms. The van der Waals surface area contributed by atoms with E-state index in [1.807, 2.05) is 40.7 Å². The van der Waals surface area contributed by atoms with Crippen LogP contribution < -0.4 is 5.46 Å². The third-order valence-electron chi connectivity index (χ3n) is 1.26. The van der Waals surface area contributed by atoms with Gasteiger partial charge in [-0.1, -0.05) is 50.9 Å². The summed E-state index contributed by atoms with van der Waals surface area (Å²) in [5.41, 5.74) is 2.29. The molecule has 1 aromatic carbocycles. The molecule has 0 aliphatic rings. The maximum absolute atomic E-state index is 10.3. The Kier molecular flexibility index (Phi) is 11.1. The van der Waals surface area contributed by atoms with Crippen molar-refractivity contribution in [3.8, 4) is 0 Å². The molecule has 76 valence electrons. The van der Waals surface area contributed by atoms with Crippen LogP contribution in [-0.2, 0) is 0 Å². The molecule has 0 saturated carbocycles. The van der Waals surface area contributed by atoms with E-state index in [1.165, 1.54) is 0 Å². The van der Waals surface area contributed by atoms with Crippen LogP contribution in [0.1, 0.15) is 43.6 Å². The fraction of sp³-hybridized carbons (Fsp3) is 0.417. The van der Waals surface area contributed by atoms with Gasteiger partial charge in [-0.25, -0.2) is 0 Å². The van der Waals surface area contributed by atoms with Crippen LogP contribution in [0.2, 0.25) is 0 Å². The van der Waals surface area contributed by atoms with Gasteiger partial charge in [-0.3, -0.25) is 4.79 Å². The van der Waals surface area contributed by atoms with Gasteiger partial charge in [-0.05, 0) is 13.0 Å². The van der Waals surface area contributed by atoms with E-state index >= 15 is 0 Å². The Bertz CT molecular complexity index is 236. The fourth-order valence-electron chi connectivity index (χ4n) is 0.911. The van der Waals surface area contributed by atoms with E-state index in [4.69, 9.17) is 7.85 Å². The van der Waals surface area contributed by atoms with Gasteiger partial charge in [0.25, 0.3) is 0 Å². The van der Waals surface area contributed by atoms with Gasteiger partial charge in [0.2, 0.25) is 0 Å². The molecule has 0 aliphatic carbocycles. The van der Waals surface area contributed by atoms with Crippen molar-refractivity contribution in [1.82, 2.24) is 0 Å². The van der Waals surface area contributed by atoms with Crippen molar-refractivity contribution in [2.75, 3.05) is 0 Å². The molecule has 0 heterocycles. The highest BCUT2D eigenvalue weighted by atomic mass is 16.1. The Morgan fingerprint density at radius 3 is 1.93 bits per heavy atom. The molecule has 0 unspecified atom stereocenters. The average Bonchev–Trinajstić information content (AvgIpc) is 2.22. The van der Waals surface area contributed by atoms with E-state index in [-0.39, 0.29) is 0 Å². The number of aryl methyl sites for hydroxylation is 1. The monoisotopic (exact) mass is 190 g/mol. The number of carbonyl (C=O) groups excluding carboxylic acids is 1. The summed E-state index contributed by atoms with van der Waals surface area (Å²) in [6.07, 6.45) is 0.795. The lowest BCUT2D eigenvalue weighted by Crippen LogP contribution is -2.03. The highest BCUT2D eigenvalue weighted by Crippen LogP contribution is 1.97. The van der Waals surface area contributed by atoms with E-state index in [0.717, 1.165) is 11.8 Å². The van der Waals surface area contributed by atoms with Crippen molar-refractivity contribution in [3.05, 3.63) is 29.3 Å². The van der Waals surface area contributed by atoms with Crippen molar-refractivity contribution >= 4 is 19.6 Å². The Labute approximate surface area is 88.9 Å². The van der Waals surface area contributed by atoms with Crippen molar-refractivity contribution in [2.24, 2.45) is 0 Å². The van der Waals surface area contributed by atoms with E-state index in [1.54, 1.807) is 12.1 Å². The SMILES string of the molecule is CC.CC.[B]c1cc(C)cc(C=O)c1. The summed E-state index contributed by atoms with van der Waals surface area (Å²) >= 11 is 0. The zero-order chi connectivity index (χ0) is 11.6. The summed E-state index contributed by atoms with van der Waals surface area (Å²) < 4.78 is 0. The van der Waals surface area contributed by atoms with Crippen LogP contribution >= 0.6 is 0 Å². The smallest absolute Gasteiger partial charge is 0.150 e. The zero-order valence-electron chi connectivity index (χ0n) is 9.79. The number of rotatable bonds is 1. The van der Waals surface area contributed by atoms with Gasteiger partial charge >= 0.3 is 0 Å². The molecule has 0 amide bonds. The number of benzene rings is 1. The fourth-order valence-corrected chi connectivity index (χ4v) is 0.911. The number of aldehydes is 1. The van der Waals surface area contributed by atoms with E-state index in [0.29, 0.717) is 11.0 Å². The van der Waals surface area contributed by atoms with E-state index in [9.17, 15) is 4.79 Å². The Morgan fingerprint density at radius 2 is 1.57 bits per heavy atom. The predicted octanol–water partition coefficient (Wildman–Crippen LogP) is 2.65. The van der Waals surface area contributed by atoms with Gasteiger partial charge in [0, 0.05) is 5.56 Å². The van der Waals surface area contributed by atoms with Crippen LogP contribution in [0.25, 0.3) is 0 Å². The first kappa shape index (κ1) is 15.4. The van der Waals surface area contributed by atoms with Gasteiger partial charge in [-0.15, -0.1) is 0 Å². The molecule has 0 saturated heterocycles. The number of carbonyl (C=O) groups is 1. The molecule has 0 fully saturated rings. The molecule has 0 N–H and O–H groups in total. The second-order valence-corrected chi connectivity index (χ2v) is 2.29. The van der Waals surface area contributed by atoms with Crippen molar-refractivity contribution in [3.63, 3.8) is 0 Å². The molecular formula is C12H19BO. The van der Waals surface area contributed by atoms with Crippen molar-refractivity contribution < 1.29 is 4.79 Å². The molecule has 0 aliphatic heterocycles. The first-order chi connectivity index (χ1) is 6.72. The van der Waals surface area contributed by atoms with Crippen molar-refractivity contribution in [1.29, 1.82) is 0 Å². The average molecular weight is 190 g/mol.